The first-order valence-electron chi connectivity index (χ1n) is 7.65. The van der Waals surface area contributed by atoms with Gasteiger partial charge in [-0.2, -0.15) is 0 Å². The highest BCUT2D eigenvalue weighted by Crippen LogP contribution is 2.13. The molecule has 0 aliphatic carbocycles. The van der Waals surface area contributed by atoms with Gasteiger partial charge in [-0.15, -0.1) is 0 Å². The Morgan fingerprint density at radius 1 is 1.39 bits per heavy atom. The van der Waals surface area contributed by atoms with Crippen LogP contribution < -0.4 is 5.32 Å². The third-order valence-electron chi connectivity index (χ3n) is 3.65. The van der Waals surface area contributed by atoms with Crippen molar-refractivity contribution in [1.82, 2.24) is 9.80 Å². The van der Waals surface area contributed by atoms with Crippen molar-refractivity contribution in [2.24, 2.45) is 0 Å². The lowest BCUT2D eigenvalue weighted by molar-refractivity contribution is -0.129. The molecule has 124 valence electrons. The maximum absolute atomic E-state index is 12.0. The maximum atomic E-state index is 12.0. The van der Waals surface area contributed by atoms with E-state index in [0.717, 1.165) is 44.1 Å². The minimum Gasteiger partial charge on any atom is -0.379 e. The molecule has 1 aliphatic heterocycles. The van der Waals surface area contributed by atoms with Gasteiger partial charge in [0.1, 0.15) is 0 Å². The van der Waals surface area contributed by atoms with E-state index in [9.17, 15) is 9.59 Å². The molecule has 2 rings (SSSR count). The SMILES string of the molecule is C=CC(=O)N(C)CC(=O)Nc1cccc(CN2CCOCC2)c1. The molecule has 0 aromatic heterocycles. The summed E-state index contributed by atoms with van der Waals surface area (Å²) in [6.45, 7) is 7.61. The predicted molar refractivity (Wildman–Crippen MR) is 89.0 cm³/mol. The van der Waals surface area contributed by atoms with Crippen LogP contribution in [-0.2, 0) is 20.9 Å². The molecule has 1 saturated heterocycles. The van der Waals surface area contributed by atoms with Gasteiger partial charge in [0.25, 0.3) is 0 Å². The fraction of sp³-hybridized carbons (Fsp3) is 0.412. The van der Waals surface area contributed by atoms with E-state index in [1.807, 2.05) is 24.3 Å². The Bertz CT molecular complexity index is 568. The zero-order valence-corrected chi connectivity index (χ0v) is 13.5. The normalized spacial score (nSPS) is 15.0. The van der Waals surface area contributed by atoms with Crippen molar-refractivity contribution < 1.29 is 14.3 Å². The van der Waals surface area contributed by atoms with Crippen LogP contribution in [0.5, 0.6) is 0 Å². The van der Waals surface area contributed by atoms with E-state index in [1.165, 1.54) is 11.0 Å². The zero-order chi connectivity index (χ0) is 16.7. The van der Waals surface area contributed by atoms with E-state index >= 15 is 0 Å². The highest BCUT2D eigenvalue weighted by molar-refractivity contribution is 5.96. The number of carbonyl (C=O) groups is 2. The molecule has 1 aromatic rings. The summed E-state index contributed by atoms with van der Waals surface area (Å²) >= 11 is 0. The predicted octanol–water partition coefficient (Wildman–Crippen LogP) is 1.10. The average molecular weight is 317 g/mol. The lowest BCUT2D eigenvalue weighted by Crippen LogP contribution is -2.35. The Morgan fingerprint density at radius 2 is 2.13 bits per heavy atom. The second-order valence-electron chi connectivity index (χ2n) is 5.54. The van der Waals surface area contributed by atoms with Crippen LogP contribution in [0.3, 0.4) is 0 Å². The van der Waals surface area contributed by atoms with Gasteiger partial charge in [0.2, 0.25) is 11.8 Å². The van der Waals surface area contributed by atoms with Crippen molar-refractivity contribution in [3.63, 3.8) is 0 Å². The van der Waals surface area contributed by atoms with Crippen molar-refractivity contribution in [2.75, 3.05) is 45.2 Å². The fourth-order valence-electron chi connectivity index (χ4n) is 2.41. The Labute approximate surface area is 136 Å². The monoisotopic (exact) mass is 317 g/mol. The smallest absolute Gasteiger partial charge is 0.246 e. The highest BCUT2D eigenvalue weighted by atomic mass is 16.5. The number of hydrogen-bond acceptors (Lipinski definition) is 4. The molecule has 23 heavy (non-hydrogen) atoms. The van der Waals surface area contributed by atoms with E-state index in [0.29, 0.717) is 0 Å². The number of nitrogens with zero attached hydrogens (tertiary/aromatic N) is 2. The van der Waals surface area contributed by atoms with Crippen LogP contribution in [0.4, 0.5) is 5.69 Å². The second kappa shape index (κ2) is 8.45. The number of carbonyl (C=O) groups excluding carboxylic acids is 2. The number of rotatable bonds is 6. The largest absolute Gasteiger partial charge is 0.379 e. The molecule has 0 radical (unpaired) electrons. The maximum Gasteiger partial charge on any atom is 0.246 e. The summed E-state index contributed by atoms with van der Waals surface area (Å²) in [7, 11) is 1.57. The van der Waals surface area contributed by atoms with Crippen LogP contribution in [0, 0.1) is 0 Å². The molecule has 6 heteroatoms. The van der Waals surface area contributed by atoms with Crippen LogP contribution in [0.2, 0.25) is 0 Å². The molecule has 6 nitrogen and oxygen atoms in total. The van der Waals surface area contributed by atoms with Crippen LogP contribution in [-0.4, -0.2) is 61.5 Å². The molecule has 1 heterocycles. The van der Waals surface area contributed by atoms with Crippen LogP contribution in [0.25, 0.3) is 0 Å². The topological polar surface area (TPSA) is 61.9 Å². The van der Waals surface area contributed by atoms with Crippen molar-refractivity contribution in [3.05, 3.63) is 42.5 Å². The first kappa shape index (κ1) is 17.2. The van der Waals surface area contributed by atoms with Gasteiger partial charge in [-0.3, -0.25) is 14.5 Å². The quantitative estimate of drug-likeness (QED) is 0.798. The standard InChI is InChI=1S/C17H23N3O3/c1-3-17(22)19(2)13-16(21)18-15-6-4-5-14(11-15)12-20-7-9-23-10-8-20/h3-6,11H,1,7-10,12-13H2,2H3,(H,18,21). The van der Waals surface area contributed by atoms with E-state index < -0.39 is 0 Å². The Kier molecular flexibility index (Phi) is 6.31. The number of anilines is 1. The van der Waals surface area contributed by atoms with Gasteiger partial charge in [-0.1, -0.05) is 18.7 Å². The molecule has 1 fully saturated rings. The van der Waals surface area contributed by atoms with Crippen molar-refractivity contribution >= 4 is 17.5 Å². The number of hydrogen-bond donors (Lipinski definition) is 1. The first-order chi connectivity index (χ1) is 11.1. The van der Waals surface area contributed by atoms with Gasteiger partial charge in [-0.05, 0) is 23.8 Å². The van der Waals surface area contributed by atoms with Crippen molar-refractivity contribution in [2.45, 2.75) is 6.54 Å². The lowest BCUT2D eigenvalue weighted by Gasteiger charge is -2.26. The molecule has 0 atom stereocenters. The summed E-state index contributed by atoms with van der Waals surface area (Å²) in [6, 6.07) is 7.77. The Hall–Kier alpha value is -2.18. The highest BCUT2D eigenvalue weighted by Gasteiger charge is 2.12. The number of nitrogens with one attached hydrogen (secondary N) is 1. The summed E-state index contributed by atoms with van der Waals surface area (Å²) in [6.07, 6.45) is 1.19. The van der Waals surface area contributed by atoms with Gasteiger partial charge in [0, 0.05) is 32.4 Å². The summed E-state index contributed by atoms with van der Waals surface area (Å²) in [5.74, 6) is -0.507. The lowest BCUT2D eigenvalue weighted by atomic mass is 10.2. The number of benzene rings is 1. The molecule has 1 N–H and O–H groups in total. The van der Waals surface area contributed by atoms with Crippen molar-refractivity contribution in [3.8, 4) is 0 Å². The summed E-state index contributed by atoms with van der Waals surface area (Å²) < 4.78 is 5.34. The second-order valence-corrected chi connectivity index (χ2v) is 5.54. The van der Waals surface area contributed by atoms with Gasteiger partial charge in [0.15, 0.2) is 0 Å². The van der Waals surface area contributed by atoms with E-state index in [-0.39, 0.29) is 18.4 Å². The fourth-order valence-corrected chi connectivity index (χ4v) is 2.41. The minimum absolute atomic E-state index is 0.00144. The number of morpholine rings is 1. The minimum atomic E-state index is -0.277. The van der Waals surface area contributed by atoms with Crippen LogP contribution in [0.1, 0.15) is 5.56 Å². The van der Waals surface area contributed by atoms with Gasteiger partial charge < -0.3 is 15.0 Å². The van der Waals surface area contributed by atoms with Gasteiger partial charge in [-0.25, -0.2) is 0 Å². The Balaban J connectivity index is 1.90. The zero-order valence-electron chi connectivity index (χ0n) is 13.5. The summed E-state index contributed by atoms with van der Waals surface area (Å²) in [5.41, 5.74) is 1.88. The molecule has 0 spiro atoms. The third kappa shape index (κ3) is 5.50. The molecule has 0 bridgehead atoms. The van der Waals surface area contributed by atoms with E-state index in [1.54, 1.807) is 7.05 Å². The molecule has 1 aliphatic rings. The summed E-state index contributed by atoms with van der Waals surface area (Å²) in [4.78, 5) is 27.0. The van der Waals surface area contributed by atoms with Crippen LogP contribution in [0.15, 0.2) is 36.9 Å². The number of amides is 2. The summed E-state index contributed by atoms with van der Waals surface area (Å²) in [5, 5.41) is 2.82. The third-order valence-corrected chi connectivity index (χ3v) is 3.65. The molecular weight excluding hydrogens is 294 g/mol. The van der Waals surface area contributed by atoms with Gasteiger partial charge >= 0.3 is 0 Å². The van der Waals surface area contributed by atoms with E-state index in [2.05, 4.69) is 16.8 Å². The molecule has 0 saturated carbocycles. The first-order valence-corrected chi connectivity index (χ1v) is 7.65. The molecule has 1 aromatic carbocycles. The molecular formula is C17H23N3O3. The number of ether oxygens (including phenoxy) is 1. The van der Waals surface area contributed by atoms with E-state index in [4.69, 9.17) is 4.74 Å². The van der Waals surface area contributed by atoms with Gasteiger partial charge in [0.05, 0.1) is 19.8 Å². The van der Waals surface area contributed by atoms with Crippen molar-refractivity contribution in [1.29, 1.82) is 0 Å². The van der Waals surface area contributed by atoms with Crippen LogP contribution >= 0.6 is 0 Å². The number of likely N-dealkylation sites (N-methyl/N-ethyl adjacent to an activating group) is 1. The Morgan fingerprint density at radius 3 is 2.83 bits per heavy atom. The average Bonchev–Trinajstić information content (AvgIpc) is 2.55. The molecule has 0 unspecified atom stereocenters. The molecule has 2 amide bonds.